The zero-order valence-electron chi connectivity index (χ0n) is 16.3. The third-order valence-electron chi connectivity index (χ3n) is 4.34. The molecule has 7 heteroatoms. The van der Waals surface area contributed by atoms with Gasteiger partial charge in [-0.15, -0.1) is 0 Å². The molecule has 0 unspecified atom stereocenters. The summed E-state index contributed by atoms with van der Waals surface area (Å²) < 4.78 is 41.7. The Hall–Kier alpha value is -3.19. The normalized spacial score (nSPS) is 11.2. The zero-order chi connectivity index (χ0) is 21.2. The van der Waals surface area contributed by atoms with Crippen LogP contribution in [0, 0.1) is 26.6 Å². The first kappa shape index (κ1) is 20.5. The van der Waals surface area contributed by atoms with Gasteiger partial charge in [0.2, 0.25) is 0 Å². The van der Waals surface area contributed by atoms with Gasteiger partial charge in [0.05, 0.1) is 10.6 Å². The minimum absolute atomic E-state index is 0.0426. The number of amides is 1. The summed E-state index contributed by atoms with van der Waals surface area (Å²) in [6, 6.07) is 15.6. The Bertz CT molecular complexity index is 1170. The Morgan fingerprint density at radius 3 is 2.21 bits per heavy atom. The number of benzene rings is 3. The SMILES string of the molecule is Cc1cc(C)cc(C(=O)Nc2ccc(C)c(S(=O)(=O)Nc3ccccc3F)c2)c1. The van der Waals surface area contributed by atoms with Crippen molar-refractivity contribution in [3.05, 3.63) is 88.7 Å². The van der Waals surface area contributed by atoms with E-state index in [-0.39, 0.29) is 16.5 Å². The van der Waals surface area contributed by atoms with Gasteiger partial charge in [-0.05, 0) is 62.7 Å². The second-order valence-electron chi connectivity index (χ2n) is 6.90. The Morgan fingerprint density at radius 2 is 1.55 bits per heavy atom. The van der Waals surface area contributed by atoms with Gasteiger partial charge in [0.25, 0.3) is 15.9 Å². The van der Waals surface area contributed by atoms with Crippen molar-refractivity contribution in [2.45, 2.75) is 25.7 Å². The molecule has 1 amide bonds. The number of rotatable bonds is 5. The van der Waals surface area contributed by atoms with Crippen molar-refractivity contribution >= 4 is 27.3 Å². The van der Waals surface area contributed by atoms with Gasteiger partial charge < -0.3 is 5.32 Å². The van der Waals surface area contributed by atoms with Crippen LogP contribution in [-0.4, -0.2) is 14.3 Å². The number of nitrogens with one attached hydrogen (secondary N) is 2. The first-order chi connectivity index (χ1) is 13.7. The maximum Gasteiger partial charge on any atom is 0.262 e. The maximum absolute atomic E-state index is 13.9. The van der Waals surface area contributed by atoms with Crippen molar-refractivity contribution < 1.29 is 17.6 Å². The average Bonchev–Trinajstić information content (AvgIpc) is 2.64. The molecule has 0 aliphatic heterocycles. The lowest BCUT2D eigenvalue weighted by atomic mass is 10.1. The summed E-state index contributed by atoms with van der Waals surface area (Å²) in [5, 5.41) is 2.72. The largest absolute Gasteiger partial charge is 0.322 e. The fourth-order valence-electron chi connectivity index (χ4n) is 3.02. The maximum atomic E-state index is 13.9. The van der Waals surface area contributed by atoms with Crippen molar-refractivity contribution in [1.82, 2.24) is 0 Å². The summed E-state index contributed by atoms with van der Waals surface area (Å²) in [6.45, 7) is 5.43. The van der Waals surface area contributed by atoms with Gasteiger partial charge in [0.1, 0.15) is 5.82 Å². The fraction of sp³-hybridized carbons (Fsp3) is 0.136. The minimum atomic E-state index is -4.04. The van der Waals surface area contributed by atoms with Crippen LogP contribution in [0.25, 0.3) is 0 Å². The molecule has 0 fully saturated rings. The highest BCUT2D eigenvalue weighted by Gasteiger charge is 2.20. The molecule has 3 aromatic rings. The van der Waals surface area contributed by atoms with Crippen LogP contribution in [-0.2, 0) is 10.0 Å². The third kappa shape index (κ3) is 4.81. The molecule has 0 radical (unpaired) electrons. The molecule has 29 heavy (non-hydrogen) atoms. The number of anilines is 2. The first-order valence-corrected chi connectivity index (χ1v) is 10.4. The predicted molar refractivity (Wildman–Crippen MR) is 112 cm³/mol. The Morgan fingerprint density at radius 1 is 0.897 bits per heavy atom. The van der Waals surface area contributed by atoms with E-state index in [1.54, 1.807) is 31.2 Å². The summed E-state index contributed by atoms with van der Waals surface area (Å²) in [6.07, 6.45) is 0. The zero-order valence-corrected chi connectivity index (χ0v) is 17.1. The quantitative estimate of drug-likeness (QED) is 0.632. The molecule has 0 saturated carbocycles. The van der Waals surface area contributed by atoms with Gasteiger partial charge in [-0.25, -0.2) is 12.8 Å². The standard InChI is InChI=1S/C22H21FN2O3S/c1-14-10-15(2)12-17(11-14)22(26)24-18-9-8-16(3)21(13-18)29(27,28)25-20-7-5-4-6-19(20)23/h4-13,25H,1-3H3,(H,24,26). The van der Waals surface area contributed by atoms with Gasteiger partial charge in [-0.2, -0.15) is 0 Å². The molecule has 0 aliphatic rings. The molecule has 3 aromatic carbocycles. The number of carbonyl (C=O) groups is 1. The molecule has 5 nitrogen and oxygen atoms in total. The highest BCUT2D eigenvalue weighted by molar-refractivity contribution is 7.92. The number of hydrogen-bond donors (Lipinski definition) is 2. The molecule has 0 spiro atoms. The van der Waals surface area contributed by atoms with Crippen LogP contribution < -0.4 is 10.0 Å². The Kier molecular flexibility index (Phi) is 5.70. The highest BCUT2D eigenvalue weighted by atomic mass is 32.2. The molecule has 0 aromatic heterocycles. The van der Waals surface area contributed by atoms with E-state index in [0.717, 1.165) is 11.1 Å². The van der Waals surface area contributed by atoms with Gasteiger partial charge in [0, 0.05) is 11.3 Å². The van der Waals surface area contributed by atoms with Crippen LogP contribution in [0.15, 0.2) is 65.6 Å². The number of sulfonamides is 1. The van der Waals surface area contributed by atoms with Crippen molar-refractivity contribution in [2.24, 2.45) is 0 Å². The Labute approximate surface area is 169 Å². The minimum Gasteiger partial charge on any atom is -0.322 e. The molecular weight excluding hydrogens is 391 g/mol. The topological polar surface area (TPSA) is 75.3 Å². The van der Waals surface area contributed by atoms with E-state index in [0.29, 0.717) is 16.8 Å². The number of para-hydroxylation sites is 1. The van der Waals surface area contributed by atoms with Gasteiger partial charge in [-0.3, -0.25) is 9.52 Å². The van der Waals surface area contributed by atoms with Crippen molar-refractivity contribution in [3.63, 3.8) is 0 Å². The molecule has 0 saturated heterocycles. The van der Waals surface area contributed by atoms with Gasteiger partial charge >= 0.3 is 0 Å². The lowest BCUT2D eigenvalue weighted by Crippen LogP contribution is -2.17. The monoisotopic (exact) mass is 412 g/mol. The van der Waals surface area contributed by atoms with E-state index in [9.17, 15) is 17.6 Å². The van der Waals surface area contributed by atoms with Crippen molar-refractivity contribution in [3.8, 4) is 0 Å². The summed E-state index contributed by atoms with van der Waals surface area (Å²) in [5.41, 5.74) is 3.05. The molecule has 0 atom stereocenters. The number of aryl methyl sites for hydroxylation is 3. The molecule has 0 bridgehead atoms. The van der Waals surface area contributed by atoms with E-state index >= 15 is 0 Å². The van der Waals surface area contributed by atoms with Crippen LogP contribution in [0.1, 0.15) is 27.0 Å². The van der Waals surface area contributed by atoms with E-state index in [2.05, 4.69) is 10.0 Å². The summed E-state index contributed by atoms with van der Waals surface area (Å²) in [7, 11) is -4.04. The van der Waals surface area contributed by atoms with Crippen LogP contribution >= 0.6 is 0 Å². The summed E-state index contributed by atoms with van der Waals surface area (Å²) in [5.74, 6) is -1.01. The van der Waals surface area contributed by atoms with Crippen molar-refractivity contribution in [1.29, 1.82) is 0 Å². The molecule has 2 N–H and O–H groups in total. The van der Waals surface area contributed by atoms with E-state index in [1.165, 1.54) is 30.3 Å². The van der Waals surface area contributed by atoms with Crippen LogP contribution in [0.3, 0.4) is 0 Å². The second-order valence-corrected chi connectivity index (χ2v) is 8.55. The number of hydrogen-bond acceptors (Lipinski definition) is 3. The molecule has 0 heterocycles. The van der Waals surface area contributed by atoms with Crippen LogP contribution in [0.5, 0.6) is 0 Å². The molecule has 0 aliphatic carbocycles. The summed E-state index contributed by atoms with van der Waals surface area (Å²) in [4.78, 5) is 12.5. The average molecular weight is 412 g/mol. The van der Waals surface area contributed by atoms with Crippen molar-refractivity contribution in [2.75, 3.05) is 10.0 Å². The third-order valence-corrected chi connectivity index (χ3v) is 5.85. The van der Waals surface area contributed by atoms with Crippen LogP contribution in [0.2, 0.25) is 0 Å². The smallest absolute Gasteiger partial charge is 0.262 e. The van der Waals surface area contributed by atoms with Crippen LogP contribution in [0.4, 0.5) is 15.8 Å². The Balaban J connectivity index is 1.89. The molecular formula is C22H21FN2O3S. The lowest BCUT2D eigenvalue weighted by molar-refractivity contribution is 0.102. The molecule has 3 rings (SSSR count). The van der Waals surface area contributed by atoms with Gasteiger partial charge in [-0.1, -0.05) is 35.4 Å². The fourth-order valence-corrected chi connectivity index (χ4v) is 4.36. The van der Waals surface area contributed by atoms with E-state index < -0.39 is 15.8 Å². The highest BCUT2D eigenvalue weighted by Crippen LogP contribution is 2.24. The summed E-state index contributed by atoms with van der Waals surface area (Å²) >= 11 is 0. The van der Waals surface area contributed by atoms with E-state index in [1.807, 2.05) is 19.9 Å². The number of carbonyl (C=O) groups excluding carboxylic acids is 1. The first-order valence-electron chi connectivity index (χ1n) is 8.93. The lowest BCUT2D eigenvalue weighted by Gasteiger charge is -2.13. The van der Waals surface area contributed by atoms with E-state index in [4.69, 9.17) is 0 Å². The predicted octanol–water partition coefficient (Wildman–Crippen LogP) is 4.80. The molecule has 150 valence electrons. The second kappa shape index (κ2) is 8.05. The van der Waals surface area contributed by atoms with Gasteiger partial charge in [0.15, 0.2) is 0 Å². The number of halogens is 1.